The number of carbonyl (C=O) groups excluding carboxylic acids is 1. The number of fused-ring (bicyclic) bond motifs is 2. The molecule has 0 unspecified atom stereocenters. The summed E-state index contributed by atoms with van der Waals surface area (Å²) in [7, 11) is 0. The van der Waals surface area contributed by atoms with Crippen molar-refractivity contribution in [3.8, 4) is 0 Å². The summed E-state index contributed by atoms with van der Waals surface area (Å²) in [5.41, 5.74) is 0.708. The second-order valence-corrected chi connectivity index (χ2v) is 9.30. The number of rotatable bonds is 5. The number of hydrogen-bond donors (Lipinski definition) is 0. The van der Waals surface area contributed by atoms with Gasteiger partial charge in [-0.25, -0.2) is 0 Å². The number of amides is 1. The Kier molecular flexibility index (Phi) is 5.88. The van der Waals surface area contributed by atoms with Crippen molar-refractivity contribution in [3.05, 3.63) is 117 Å². The molecule has 0 radical (unpaired) electrons. The lowest BCUT2D eigenvalue weighted by atomic mass is 10.1. The van der Waals surface area contributed by atoms with Gasteiger partial charge in [-0.3, -0.25) is 24.3 Å². The van der Waals surface area contributed by atoms with Crippen molar-refractivity contribution in [1.29, 1.82) is 0 Å². The average molecular weight is 509 g/mol. The molecule has 1 fully saturated rings. The number of benzene rings is 3. The highest BCUT2D eigenvalue weighted by atomic mass is 16.6. The van der Waals surface area contributed by atoms with Crippen molar-refractivity contribution in [3.63, 3.8) is 0 Å². The number of pyridine rings is 1. The molecule has 1 aliphatic rings. The minimum atomic E-state index is -0.647. The molecule has 1 aliphatic heterocycles. The van der Waals surface area contributed by atoms with E-state index in [2.05, 4.69) is 0 Å². The largest absolute Gasteiger partial charge is 0.459 e. The number of nitrogens with zero attached hydrogens (tertiary/aromatic N) is 4. The molecule has 2 aromatic heterocycles. The van der Waals surface area contributed by atoms with Crippen LogP contribution in [0.3, 0.4) is 0 Å². The normalized spacial score (nSPS) is 13.8. The SMILES string of the molecule is O=C(c1ccco1)N1CCN(c2c([N+](=O)[O-])c(=O)n(Cc3ccc4ccccc4c3)c3ccccc23)CC1. The monoisotopic (exact) mass is 508 g/mol. The van der Waals surface area contributed by atoms with E-state index < -0.39 is 16.2 Å². The van der Waals surface area contributed by atoms with Gasteiger partial charge in [0.25, 0.3) is 5.91 Å². The zero-order valence-electron chi connectivity index (χ0n) is 20.4. The molecule has 190 valence electrons. The molecule has 0 atom stereocenters. The maximum Gasteiger partial charge on any atom is 0.357 e. The van der Waals surface area contributed by atoms with E-state index in [9.17, 15) is 19.7 Å². The van der Waals surface area contributed by atoms with Crippen molar-refractivity contribution >= 4 is 39.0 Å². The van der Waals surface area contributed by atoms with E-state index in [4.69, 9.17) is 4.42 Å². The predicted octanol–water partition coefficient (Wildman–Crippen LogP) is 4.67. The number of piperazine rings is 1. The van der Waals surface area contributed by atoms with Crippen LogP contribution < -0.4 is 10.5 Å². The Morgan fingerprint density at radius 1 is 0.895 bits per heavy atom. The third-order valence-electron chi connectivity index (χ3n) is 7.07. The standard InChI is InChI=1S/C29H24N4O5/c34-28(25-10-5-17-38-25)31-15-13-30(14-16-31)26-23-8-3-4-9-24(23)32(29(35)27(26)33(36)37)19-20-11-12-21-6-1-2-7-22(21)18-20/h1-12,17-18H,13-16,19H2. The van der Waals surface area contributed by atoms with Gasteiger partial charge in [0.05, 0.1) is 23.2 Å². The Hall–Kier alpha value is -4.92. The fourth-order valence-corrected chi connectivity index (χ4v) is 5.23. The van der Waals surface area contributed by atoms with Gasteiger partial charge in [-0.15, -0.1) is 0 Å². The van der Waals surface area contributed by atoms with Crippen molar-refractivity contribution < 1.29 is 14.1 Å². The topological polar surface area (TPSA) is 102 Å². The number of carbonyl (C=O) groups is 1. The molecule has 0 bridgehead atoms. The molecule has 9 heteroatoms. The predicted molar refractivity (Wildman–Crippen MR) is 145 cm³/mol. The zero-order valence-corrected chi connectivity index (χ0v) is 20.4. The highest BCUT2D eigenvalue weighted by Crippen LogP contribution is 2.34. The third kappa shape index (κ3) is 4.07. The second-order valence-electron chi connectivity index (χ2n) is 9.30. The number of para-hydroxylation sites is 1. The summed E-state index contributed by atoms with van der Waals surface area (Å²) < 4.78 is 6.72. The van der Waals surface area contributed by atoms with Crippen molar-refractivity contribution in [2.24, 2.45) is 0 Å². The molecule has 0 spiro atoms. The Morgan fingerprint density at radius 3 is 2.37 bits per heavy atom. The fraction of sp³-hybridized carbons (Fsp3) is 0.172. The molecule has 38 heavy (non-hydrogen) atoms. The molecular formula is C29H24N4O5. The highest BCUT2D eigenvalue weighted by Gasteiger charge is 2.32. The van der Waals surface area contributed by atoms with Crippen LogP contribution in [0.4, 0.5) is 11.4 Å². The summed E-state index contributed by atoms with van der Waals surface area (Å²) in [5.74, 6) is 0.0333. The van der Waals surface area contributed by atoms with Crippen molar-refractivity contribution in [2.45, 2.75) is 6.54 Å². The van der Waals surface area contributed by atoms with Crippen LogP contribution in [0, 0.1) is 10.1 Å². The quantitative estimate of drug-likeness (QED) is 0.253. The first-order valence-corrected chi connectivity index (χ1v) is 12.4. The van der Waals surface area contributed by atoms with Gasteiger partial charge in [0, 0.05) is 31.6 Å². The second kappa shape index (κ2) is 9.51. The Balaban J connectivity index is 1.40. The van der Waals surface area contributed by atoms with Gasteiger partial charge in [0.1, 0.15) is 5.69 Å². The summed E-state index contributed by atoms with van der Waals surface area (Å²) in [5, 5.41) is 15.1. The summed E-state index contributed by atoms with van der Waals surface area (Å²) in [6, 6.07) is 24.4. The van der Waals surface area contributed by atoms with Crippen LogP contribution in [0.25, 0.3) is 21.7 Å². The fourth-order valence-electron chi connectivity index (χ4n) is 5.23. The lowest BCUT2D eigenvalue weighted by molar-refractivity contribution is -0.385. The molecule has 3 aromatic carbocycles. The van der Waals surface area contributed by atoms with Crippen LogP contribution >= 0.6 is 0 Å². The van der Waals surface area contributed by atoms with E-state index in [0.29, 0.717) is 42.8 Å². The Bertz CT molecular complexity index is 1730. The molecule has 1 amide bonds. The third-order valence-corrected chi connectivity index (χ3v) is 7.07. The first-order chi connectivity index (χ1) is 18.5. The first kappa shape index (κ1) is 23.5. The zero-order chi connectivity index (χ0) is 26.2. The molecule has 5 aromatic rings. The molecule has 0 N–H and O–H groups in total. The Morgan fingerprint density at radius 2 is 1.63 bits per heavy atom. The minimum Gasteiger partial charge on any atom is -0.459 e. The number of nitro groups is 1. The number of aromatic nitrogens is 1. The maximum atomic E-state index is 13.7. The van der Waals surface area contributed by atoms with Crippen LogP contribution in [0.5, 0.6) is 0 Å². The van der Waals surface area contributed by atoms with Crippen molar-refractivity contribution in [2.75, 3.05) is 31.1 Å². The average Bonchev–Trinajstić information content (AvgIpc) is 3.49. The van der Waals surface area contributed by atoms with E-state index in [1.54, 1.807) is 17.0 Å². The van der Waals surface area contributed by atoms with Crippen LogP contribution in [0.1, 0.15) is 16.1 Å². The molecular weight excluding hydrogens is 484 g/mol. The minimum absolute atomic E-state index is 0.205. The van der Waals surface area contributed by atoms with Crippen molar-refractivity contribution in [1.82, 2.24) is 9.47 Å². The summed E-state index contributed by atoms with van der Waals surface area (Å²) in [6.07, 6.45) is 1.45. The molecule has 3 heterocycles. The van der Waals surface area contributed by atoms with Crippen LogP contribution in [0.15, 0.2) is 94.3 Å². The molecule has 0 saturated carbocycles. The van der Waals surface area contributed by atoms with E-state index in [1.165, 1.54) is 10.8 Å². The first-order valence-electron chi connectivity index (χ1n) is 12.4. The Labute approximate surface area is 217 Å². The van der Waals surface area contributed by atoms with Crippen LogP contribution in [-0.4, -0.2) is 46.5 Å². The van der Waals surface area contributed by atoms with Gasteiger partial charge >= 0.3 is 11.2 Å². The van der Waals surface area contributed by atoms with Gasteiger partial charge in [-0.1, -0.05) is 54.6 Å². The molecule has 9 nitrogen and oxygen atoms in total. The van der Waals surface area contributed by atoms with E-state index in [-0.39, 0.29) is 18.2 Å². The van der Waals surface area contributed by atoms with E-state index >= 15 is 0 Å². The summed E-state index contributed by atoms with van der Waals surface area (Å²) in [4.78, 5) is 41.6. The highest BCUT2D eigenvalue weighted by molar-refractivity contribution is 5.97. The summed E-state index contributed by atoms with van der Waals surface area (Å²) >= 11 is 0. The number of anilines is 1. The lowest BCUT2D eigenvalue weighted by Crippen LogP contribution is -2.49. The number of furan rings is 1. The van der Waals surface area contributed by atoms with Gasteiger partial charge in [0.2, 0.25) is 0 Å². The van der Waals surface area contributed by atoms with Gasteiger partial charge in [-0.2, -0.15) is 0 Å². The lowest BCUT2D eigenvalue weighted by Gasteiger charge is -2.36. The number of hydrogen-bond acceptors (Lipinski definition) is 6. The molecule has 1 saturated heterocycles. The van der Waals surface area contributed by atoms with Crippen LogP contribution in [0.2, 0.25) is 0 Å². The maximum absolute atomic E-state index is 13.7. The van der Waals surface area contributed by atoms with Gasteiger partial charge in [-0.05, 0) is 40.6 Å². The molecule has 6 rings (SSSR count). The molecule has 0 aliphatic carbocycles. The van der Waals surface area contributed by atoms with Crippen LogP contribution in [-0.2, 0) is 6.54 Å². The summed E-state index contributed by atoms with van der Waals surface area (Å²) in [6.45, 7) is 1.62. The van der Waals surface area contributed by atoms with E-state index in [0.717, 1.165) is 16.3 Å². The smallest absolute Gasteiger partial charge is 0.357 e. The van der Waals surface area contributed by atoms with E-state index in [1.807, 2.05) is 71.6 Å². The van der Waals surface area contributed by atoms with Gasteiger partial charge in [0.15, 0.2) is 5.76 Å². The van der Waals surface area contributed by atoms with Gasteiger partial charge < -0.3 is 14.2 Å².